The van der Waals surface area contributed by atoms with Gasteiger partial charge in [-0.2, -0.15) is 4.98 Å². The molecule has 2 heterocycles. The number of carbonyl (C=O) groups excluding carboxylic acids is 1. The zero-order valence-corrected chi connectivity index (χ0v) is 24.5. The number of anilines is 4. The van der Waals surface area contributed by atoms with Gasteiger partial charge in [0.05, 0.1) is 32.7 Å². The van der Waals surface area contributed by atoms with Crippen LogP contribution in [-0.4, -0.2) is 82.4 Å². The summed E-state index contributed by atoms with van der Waals surface area (Å²) in [6, 6.07) is 12.6. The maximum Gasteiger partial charge on any atom is 0.267 e. The molecule has 0 atom stereocenters. The van der Waals surface area contributed by atoms with E-state index < -0.39 is 0 Å². The SMILES string of the molecule is C=CC(=O)Nc1cccc(Oc2nc(Nc3ccc(N(C)C)cc3OC)ncc2OC)c1.COCCN1CCCC1. The molecule has 0 bridgehead atoms. The van der Waals surface area contributed by atoms with Crippen LogP contribution in [0.1, 0.15) is 12.8 Å². The van der Waals surface area contributed by atoms with Crippen molar-refractivity contribution in [2.45, 2.75) is 12.8 Å². The van der Waals surface area contributed by atoms with Crippen molar-refractivity contribution < 1.29 is 23.7 Å². The van der Waals surface area contributed by atoms with Crippen molar-refractivity contribution in [2.75, 3.05) is 77.2 Å². The zero-order chi connectivity index (χ0) is 29.6. The number of benzene rings is 2. The van der Waals surface area contributed by atoms with E-state index in [0.29, 0.717) is 34.6 Å². The summed E-state index contributed by atoms with van der Waals surface area (Å²) in [5.74, 6) is 1.65. The van der Waals surface area contributed by atoms with Gasteiger partial charge in [-0.3, -0.25) is 4.79 Å². The van der Waals surface area contributed by atoms with Gasteiger partial charge in [0, 0.05) is 51.3 Å². The number of nitrogens with one attached hydrogen (secondary N) is 2. The molecule has 0 unspecified atom stereocenters. The van der Waals surface area contributed by atoms with Crippen LogP contribution < -0.4 is 29.7 Å². The van der Waals surface area contributed by atoms with Gasteiger partial charge >= 0.3 is 0 Å². The average Bonchev–Trinajstić information content (AvgIpc) is 3.50. The van der Waals surface area contributed by atoms with Gasteiger partial charge in [0.2, 0.25) is 11.9 Å². The highest BCUT2D eigenvalue weighted by Crippen LogP contribution is 2.34. The van der Waals surface area contributed by atoms with Crippen LogP contribution in [-0.2, 0) is 9.53 Å². The predicted molar refractivity (Wildman–Crippen MR) is 162 cm³/mol. The molecule has 220 valence electrons. The van der Waals surface area contributed by atoms with Gasteiger partial charge in [-0.1, -0.05) is 12.6 Å². The molecule has 11 nitrogen and oxygen atoms in total. The van der Waals surface area contributed by atoms with E-state index >= 15 is 0 Å². The molecule has 0 spiro atoms. The van der Waals surface area contributed by atoms with Crippen molar-refractivity contribution in [1.82, 2.24) is 14.9 Å². The van der Waals surface area contributed by atoms with Crippen molar-refractivity contribution >= 4 is 28.9 Å². The Labute approximate surface area is 242 Å². The molecular weight excluding hydrogens is 524 g/mol. The highest BCUT2D eigenvalue weighted by molar-refractivity contribution is 5.98. The molecule has 4 rings (SSSR count). The summed E-state index contributed by atoms with van der Waals surface area (Å²) < 4.78 is 21.7. The van der Waals surface area contributed by atoms with Crippen molar-refractivity contribution in [1.29, 1.82) is 0 Å². The Morgan fingerprint density at radius 1 is 1.07 bits per heavy atom. The van der Waals surface area contributed by atoms with Crippen LogP contribution in [0.5, 0.6) is 23.1 Å². The quantitative estimate of drug-likeness (QED) is 0.293. The number of ether oxygens (including phenoxy) is 4. The molecule has 2 N–H and O–H groups in total. The fourth-order valence-corrected chi connectivity index (χ4v) is 3.98. The largest absolute Gasteiger partial charge is 0.494 e. The predicted octanol–water partition coefficient (Wildman–Crippen LogP) is 4.95. The van der Waals surface area contributed by atoms with Crippen LogP contribution >= 0.6 is 0 Å². The molecule has 0 saturated carbocycles. The summed E-state index contributed by atoms with van der Waals surface area (Å²) in [5.41, 5.74) is 2.25. The lowest BCUT2D eigenvalue weighted by Crippen LogP contribution is -2.23. The number of carbonyl (C=O) groups is 1. The molecular formula is C30H40N6O5. The van der Waals surface area contributed by atoms with Crippen LogP contribution in [0.2, 0.25) is 0 Å². The summed E-state index contributed by atoms with van der Waals surface area (Å²) in [5, 5.41) is 5.83. The molecule has 1 amide bonds. The van der Waals surface area contributed by atoms with Gasteiger partial charge in [0.25, 0.3) is 5.88 Å². The fourth-order valence-electron chi connectivity index (χ4n) is 3.98. The summed E-state index contributed by atoms with van der Waals surface area (Å²) in [6.45, 7) is 8.02. The standard InChI is InChI=1S/C23H25N5O4.C7H15NO/c1-6-21(29)25-15-8-7-9-17(12-15)32-22-20(31-5)14-24-23(27-22)26-18-11-10-16(28(2)3)13-19(18)30-4;1-9-7-6-8-4-2-3-5-8/h6-14H,1H2,2-5H3,(H,25,29)(H,24,26,27);2-7H2,1H3. The number of methoxy groups -OCH3 is 3. The minimum Gasteiger partial charge on any atom is -0.494 e. The second-order valence-corrected chi connectivity index (χ2v) is 9.34. The molecule has 41 heavy (non-hydrogen) atoms. The Morgan fingerprint density at radius 3 is 2.49 bits per heavy atom. The lowest BCUT2D eigenvalue weighted by molar-refractivity contribution is -0.111. The minimum atomic E-state index is -0.317. The van der Waals surface area contributed by atoms with E-state index in [9.17, 15) is 4.79 Å². The van der Waals surface area contributed by atoms with Crippen molar-refractivity contribution in [3.63, 3.8) is 0 Å². The summed E-state index contributed by atoms with van der Waals surface area (Å²) in [7, 11) is 8.77. The van der Waals surface area contributed by atoms with Crippen LogP contribution in [0, 0.1) is 0 Å². The number of hydrogen-bond donors (Lipinski definition) is 2. The molecule has 1 fully saturated rings. The Balaban J connectivity index is 0.000000436. The lowest BCUT2D eigenvalue weighted by atomic mass is 10.2. The monoisotopic (exact) mass is 564 g/mol. The fraction of sp³-hybridized carbons (Fsp3) is 0.367. The van der Waals surface area contributed by atoms with Gasteiger partial charge in [-0.25, -0.2) is 4.98 Å². The first-order valence-electron chi connectivity index (χ1n) is 13.3. The number of likely N-dealkylation sites (tertiary alicyclic amines) is 1. The lowest BCUT2D eigenvalue weighted by Gasteiger charge is -2.17. The van der Waals surface area contributed by atoms with Gasteiger partial charge in [-0.05, 0) is 56.3 Å². The van der Waals surface area contributed by atoms with Crippen LogP contribution in [0.3, 0.4) is 0 Å². The number of nitrogens with zero attached hydrogens (tertiary/aromatic N) is 4. The van der Waals surface area contributed by atoms with E-state index in [-0.39, 0.29) is 11.8 Å². The maximum atomic E-state index is 11.5. The third-order valence-electron chi connectivity index (χ3n) is 6.20. The maximum absolute atomic E-state index is 11.5. The molecule has 11 heteroatoms. The van der Waals surface area contributed by atoms with E-state index in [2.05, 4.69) is 32.1 Å². The number of amides is 1. The third-order valence-corrected chi connectivity index (χ3v) is 6.20. The average molecular weight is 565 g/mol. The van der Waals surface area contributed by atoms with Crippen LogP contribution in [0.15, 0.2) is 61.3 Å². The van der Waals surface area contributed by atoms with Crippen molar-refractivity contribution in [3.05, 3.63) is 61.3 Å². The number of hydrogen-bond acceptors (Lipinski definition) is 10. The molecule has 1 aliphatic rings. The topological polar surface area (TPSA) is 110 Å². The first kappa shape index (κ1) is 31.2. The van der Waals surface area contributed by atoms with Crippen LogP contribution in [0.4, 0.5) is 23.0 Å². The summed E-state index contributed by atoms with van der Waals surface area (Å²) in [6.07, 6.45) is 5.46. The van der Waals surface area contributed by atoms with Crippen molar-refractivity contribution in [2.24, 2.45) is 0 Å². The van der Waals surface area contributed by atoms with E-state index in [1.54, 1.807) is 38.5 Å². The van der Waals surface area contributed by atoms with E-state index in [4.69, 9.17) is 18.9 Å². The normalized spacial score (nSPS) is 12.5. The molecule has 1 aliphatic heterocycles. The molecule has 0 radical (unpaired) electrons. The highest BCUT2D eigenvalue weighted by atomic mass is 16.5. The smallest absolute Gasteiger partial charge is 0.267 e. The van der Waals surface area contributed by atoms with Gasteiger partial charge in [0.1, 0.15) is 11.5 Å². The third kappa shape index (κ3) is 9.66. The first-order valence-corrected chi connectivity index (χ1v) is 13.3. The molecule has 2 aromatic carbocycles. The molecule has 0 aliphatic carbocycles. The van der Waals surface area contributed by atoms with E-state index in [1.807, 2.05) is 37.2 Å². The van der Waals surface area contributed by atoms with Crippen molar-refractivity contribution in [3.8, 4) is 23.1 Å². The molecule has 1 aromatic heterocycles. The Bertz CT molecular complexity index is 1280. The van der Waals surface area contributed by atoms with Gasteiger partial charge in [0.15, 0.2) is 5.75 Å². The number of aromatic nitrogens is 2. The van der Waals surface area contributed by atoms with E-state index in [1.165, 1.54) is 45.3 Å². The Kier molecular flexibility index (Phi) is 12.2. The molecule has 1 saturated heterocycles. The van der Waals surface area contributed by atoms with Gasteiger partial charge in [-0.15, -0.1) is 0 Å². The van der Waals surface area contributed by atoms with Gasteiger partial charge < -0.3 is 39.4 Å². The second kappa shape index (κ2) is 16.0. The summed E-state index contributed by atoms with van der Waals surface area (Å²) in [4.78, 5) is 24.7. The Morgan fingerprint density at radius 2 is 1.83 bits per heavy atom. The molecule has 3 aromatic rings. The van der Waals surface area contributed by atoms with E-state index in [0.717, 1.165) is 18.8 Å². The van der Waals surface area contributed by atoms with Crippen LogP contribution in [0.25, 0.3) is 0 Å². The number of rotatable bonds is 12. The highest BCUT2D eigenvalue weighted by Gasteiger charge is 2.14. The zero-order valence-electron chi connectivity index (χ0n) is 24.5. The Hall–Kier alpha value is -4.35. The minimum absolute atomic E-state index is 0.209. The second-order valence-electron chi connectivity index (χ2n) is 9.34. The summed E-state index contributed by atoms with van der Waals surface area (Å²) >= 11 is 0. The first-order chi connectivity index (χ1) is 19.9.